The molecular formula is C21H23BrN2O3. The maximum Gasteiger partial charge on any atom is 0.412 e. The van der Waals surface area contributed by atoms with Crippen LogP contribution >= 0.6 is 15.9 Å². The monoisotopic (exact) mass is 430 g/mol. The number of fused-ring (bicyclic) bond motifs is 1. The number of hydrogen-bond donors (Lipinski definition) is 1. The van der Waals surface area contributed by atoms with Crippen molar-refractivity contribution < 1.29 is 14.7 Å². The molecule has 142 valence electrons. The second-order valence-electron chi connectivity index (χ2n) is 6.97. The summed E-state index contributed by atoms with van der Waals surface area (Å²) in [5.41, 5.74) is 4.74. The van der Waals surface area contributed by atoms with Crippen molar-refractivity contribution >= 4 is 39.3 Å². The van der Waals surface area contributed by atoms with Crippen LogP contribution in [0.5, 0.6) is 0 Å². The van der Waals surface area contributed by atoms with Gasteiger partial charge in [0.25, 0.3) is 5.91 Å². The van der Waals surface area contributed by atoms with E-state index in [0.717, 1.165) is 21.2 Å². The van der Waals surface area contributed by atoms with Gasteiger partial charge in [0.1, 0.15) is 0 Å². The third kappa shape index (κ3) is 3.34. The van der Waals surface area contributed by atoms with Crippen LogP contribution in [0.2, 0.25) is 0 Å². The Hall–Kier alpha value is -2.34. The number of hydrogen-bond acceptors (Lipinski definition) is 2. The van der Waals surface area contributed by atoms with Crippen LogP contribution in [0.15, 0.2) is 34.8 Å². The molecule has 2 aromatic carbocycles. The third-order valence-electron chi connectivity index (χ3n) is 5.32. The molecule has 6 heteroatoms. The topological polar surface area (TPSA) is 60.9 Å². The molecule has 1 aliphatic rings. The first-order valence-electron chi connectivity index (χ1n) is 8.96. The fraction of sp³-hybridized carbons (Fsp3) is 0.333. The molecule has 0 fully saturated rings. The first-order chi connectivity index (χ1) is 12.8. The normalized spacial score (nSPS) is 16.3. The molecule has 0 saturated heterocycles. The summed E-state index contributed by atoms with van der Waals surface area (Å²) in [5.74, 6) is -0.109. The molecule has 1 heterocycles. The van der Waals surface area contributed by atoms with Gasteiger partial charge in [-0.2, -0.15) is 0 Å². The van der Waals surface area contributed by atoms with Crippen LogP contribution in [0.25, 0.3) is 0 Å². The molecule has 0 aromatic heterocycles. The summed E-state index contributed by atoms with van der Waals surface area (Å²) in [7, 11) is 0. The predicted octanol–water partition coefficient (Wildman–Crippen LogP) is 5.30. The van der Waals surface area contributed by atoms with Crippen LogP contribution in [0.3, 0.4) is 0 Å². The molecule has 0 spiro atoms. The van der Waals surface area contributed by atoms with Crippen molar-refractivity contribution in [3.63, 3.8) is 0 Å². The average molecular weight is 431 g/mol. The predicted molar refractivity (Wildman–Crippen MR) is 111 cm³/mol. The molecule has 1 N–H and O–H groups in total. The SMILES string of the molecule is CCC1CN(C(=O)c2cccc(Br)c2C)c2cc(C)c(C)cc2N1C(=O)O. The fourth-order valence-corrected chi connectivity index (χ4v) is 3.90. The second-order valence-corrected chi connectivity index (χ2v) is 7.82. The second kappa shape index (κ2) is 7.35. The highest BCUT2D eigenvalue weighted by Gasteiger charge is 2.37. The van der Waals surface area contributed by atoms with Crippen LogP contribution in [-0.2, 0) is 0 Å². The van der Waals surface area contributed by atoms with Crippen LogP contribution in [0.4, 0.5) is 16.2 Å². The minimum Gasteiger partial charge on any atom is -0.465 e. The van der Waals surface area contributed by atoms with Crippen molar-refractivity contribution in [1.82, 2.24) is 0 Å². The lowest BCUT2D eigenvalue weighted by atomic mass is 9.99. The summed E-state index contributed by atoms with van der Waals surface area (Å²) in [5, 5.41) is 9.79. The van der Waals surface area contributed by atoms with Gasteiger partial charge >= 0.3 is 6.09 Å². The number of anilines is 2. The van der Waals surface area contributed by atoms with E-state index in [2.05, 4.69) is 15.9 Å². The summed E-state index contributed by atoms with van der Waals surface area (Å²) in [6.45, 7) is 8.11. The molecule has 0 radical (unpaired) electrons. The standard InChI is InChI=1S/C21H23BrN2O3/c1-5-15-11-23(20(25)16-7-6-8-17(22)14(16)4)18-9-12(2)13(3)10-19(18)24(15)21(26)27/h6-10,15H,5,11H2,1-4H3,(H,26,27). The van der Waals surface area contributed by atoms with Gasteiger partial charge in [-0.25, -0.2) is 4.79 Å². The van der Waals surface area contributed by atoms with Gasteiger partial charge in [0.15, 0.2) is 0 Å². The van der Waals surface area contributed by atoms with Crippen molar-refractivity contribution in [2.45, 2.75) is 40.2 Å². The minimum atomic E-state index is -0.989. The Kier molecular flexibility index (Phi) is 5.29. The van der Waals surface area contributed by atoms with Gasteiger partial charge in [-0.3, -0.25) is 9.69 Å². The number of rotatable bonds is 2. The van der Waals surface area contributed by atoms with E-state index in [1.165, 1.54) is 4.90 Å². The molecule has 0 saturated carbocycles. The lowest BCUT2D eigenvalue weighted by Gasteiger charge is -2.41. The highest BCUT2D eigenvalue weighted by atomic mass is 79.9. The number of aryl methyl sites for hydroxylation is 2. The van der Waals surface area contributed by atoms with Crippen molar-refractivity contribution in [2.75, 3.05) is 16.3 Å². The number of benzene rings is 2. The van der Waals surface area contributed by atoms with Crippen LogP contribution in [0.1, 0.15) is 40.4 Å². The molecule has 2 aromatic rings. The molecule has 1 atom stereocenters. The van der Waals surface area contributed by atoms with E-state index >= 15 is 0 Å². The van der Waals surface area contributed by atoms with Crippen LogP contribution in [-0.4, -0.2) is 29.7 Å². The quantitative estimate of drug-likeness (QED) is 0.702. The fourth-order valence-electron chi connectivity index (χ4n) is 3.53. The minimum absolute atomic E-state index is 0.109. The molecule has 27 heavy (non-hydrogen) atoms. The van der Waals surface area contributed by atoms with Gasteiger partial charge in [-0.05, 0) is 68.1 Å². The Bertz CT molecular complexity index is 926. The summed E-state index contributed by atoms with van der Waals surface area (Å²) in [6.07, 6.45) is -0.364. The molecule has 3 rings (SSSR count). The van der Waals surface area contributed by atoms with E-state index in [4.69, 9.17) is 0 Å². The number of carbonyl (C=O) groups is 2. The zero-order valence-corrected chi connectivity index (χ0v) is 17.5. The number of nitrogens with zero attached hydrogens (tertiary/aromatic N) is 2. The number of halogens is 1. The average Bonchev–Trinajstić information content (AvgIpc) is 2.63. The lowest BCUT2D eigenvalue weighted by Crippen LogP contribution is -2.52. The molecule has 5 nitrogen and oxygen atoms in total. The van der Waals surface area contributed by atoms with Crippen LogP contribution < -0.4 is 9.80 Å². The summed E-state index contributed by atoms with van der Waals surface area (Å²) in [4.78, 5) is 28.5. The van der Waals surface area contributed by atoms with Crippen molar-refractivity contribution in [1.29, 1.82) is 0 Å². The maximum absolute atomic E-state index is 13.4. The Balaban J connectivity index is 2.18. The van der Waals surface area contributed by atoms with E-state index in [-0.39, 0.29) is 11.9 Å². The molecular weight excluding hydrogens is 408 g/mol. The smallest absolute Gasteiger partial charge is 0.412 e. The van der Waals surface area contributed by atoms with Gasteiger partial charge < -0.3 is 10.0 Å². The number of amides is 2. The largest absolute Gasteiger partial charge is 0.465 e. The van der Waals surface area contributed by atoms with E-state index in [1.54, 1.807) is 4.90 Å². The third-order valence-corrected chi connectivity index (χ3v) is 6.18. The van der Waals surface area contributed by atoms with Crippen molar-refractivity contribution in [3.05, 3.63) is 57.1 Å². The molecule has 1 unspecified atom stereocenters. The number of carbonyl (C=O) groups excluding carboxylic acids is 1. The van der Waals surface area contributed by atoms with E-state index in [0.29, 0.717) is 29.9 Å². The molecule has 0 aliphatic carbocycles. The zero-order valence-electron chi connectivity index (χ0n) is 15.9. The summed E-state index contributed by atoms with van der Waals surface area (Å²) < 4.78 is 0.880. The highest BCUT2D eigenvalue weighted by Crippen LogP contribution is 2.39. The van der Waals surface area contributed by atoms with Crippen molar-refractivity contribution in [3.8, 4) is 0 Å². The maximum atomic E-state index is 13.4. The number of carboxylic acid groups (broad SMARTS) is 1. The van der Waals surface area contributed by atoms with E-state index < -0.39 is 6.09 Å². The van der Waals surface area contributed by atoms with Gasteiger partial charge in [0.05, 0.1) is 17.4 Å². The lowest BCUT2D eigenvalue weighted by molar-refractivity contribution is 0.0982. The Labute approximate surface area is 167 Å². The van der Waals surface area contributed by atoms with Gasteiger partial charge in [-0.15, -0.1) is 0 Å². The summed E-state index contributed by atoms with van der Waals surface area (Å²) >= 11 is 3.49. The van der Waals surface area contributed by atoms with E-state index in [1.807, 2.05) is 58.0 Å². The van der Waals surface area contributed by atoms with Crippen LogP contribution in [0, 0.1) is 20.8 Å². The van der Waals surface area contributed by atoms with Gasteiger partial charge in [0.2, 0.25) is 0 Å². The molecule has 1 aliphatic heterocycles. The Morgan fingerprint density at radius 1 is 1.15 bits per heavy atom. The van der Waals surface area contributed by atoms with E-state index in [9.17, 15) is 14.7 Å². The molecule has 0 bridgehead atoms. The Morgan fingerprint density at radius 3 is 2.37 bits per heavy atom. The highest BCUT2D eigenvalue weighted by molar-refractivity contribution is 9.10. The van der Waals surface area contributed by atoms with Gasteiger partial charge in [0, 0.05) is 16.6 Å². The zero-order chi connectivity index (χ0) is 19.9. The Morgan fingerprint density at radius 2 is 1.78 bits per heavy atom. The summed E-state index contributed by atoms with van der Waals surface area (Å²) in [6, 6.07) is 9.06. The van der Waals surface area contributed by atoms with Gasteiger partial charge in [-0.1, -0.05) is 28.9 Å². The molecule has 2 amide bonds. The first-order valence-corrected chi connectivity index (χ1v) is 9.76. The first kappa shape index (κ1) is 19.4. The van der Waals surface area contributed by atoms with Crippen molar-refractivity contribution in [2.24, 2.45) is 0 Å².